The average molecular weight is 690 g/mol. The Kier molecular flexibility index (Phi) is 7.85. The summed E-state index contributed by atoms with van der Waals surface area (Å²) >= 11 is 0. The van der Waals surface area contributed by atoms with Gasteiger partial charge in [0.1, 0.15) is 5.58 Å². The van der Waals surface area contributed by atoms with E-state index in [1.165, 1.54) is 33.0 Å². The Labute approximate surface area is 314 Å². The Balaban J connectivity index is 1.18. The highest BCUT2D eigenvalue weighted by atomic mass is 16.3. The number of nitrogens with zero attached hydrogens (tertiary/aromatic N) is 1. The van der Waals surface area contributed by atoms with E-state index < -0.39 is 0 Å². The Morgan fingerprint density at radius 1 is 0.296 bits per heavy atom. The number of benzene rings is 9. The van der Waals surface area contributed by atoms with Crippen molar-refractivity contribution in [1.82, 2.24) is 0 Å². The van der Waals surface area contributed by atoms with Gasteiger partial charge in [-0.2, -0.15) is 0 Å². The van der Waals surface area contributed by atoms with E-state index in [1.807, 2.05) is 0 Å². The normalized spacial score (nSPS) is 11.3. The van der Waals surface area contributed by atoms with Crippen LogP contribution in [0.1, 0.15) is 0 Å². The van der Waals surface area contributed by atoms with Crippen LogP contribution in [-0.2, 0) is 0 Å². The number of fused-ring (bicyclic) bond motifs is 4. The number of anilines is 3. The fraction of sp³-hybridized carbons (Fsp3) is 0. The molecule has 1 aromatic heterocycles. The van der Waals surface area contributed by atoms with Crippen LogP contribution < -0.4 is 4.90 Å². The van der Waals surface area contributed by atoms with E-state index >= 15 is 0 Å². The zero-order valence-electron chi connectivity index (χ0n) is 29.6. The number of hydrogen-bond acceptors (Lipinski definition) is 2. The molecule has 0 atom stereocenters. The molecular formula is C52H35NO. The quantitative estimate of drug-likeness (QED) is 0.166. The molecule has 254 valence electrons. The second kappa shape index (κ2) is 13.4. The molecule has 0 radical (unpaired) electrons. The van der Waals surface area contributed by atoms with Gasteiger partial charge in [-0.05, 0) is 98.2 Å². The van der Waals surface area contributed by atoms with Crippen LogP contribution in [0.15, 0.2) is 217 Å². The van der Waals surface area contributed by atoms with Gasteiger partial charge in [-0.25, -0.2) is 0 Å². The first-order valence-corrected chi connectivity index (χ1v) is 18.4. The second-order valence-corrected chi connectivity index (χ2v) is 13.7. The van der Waals surface area contributed by atoms with Gasteiger partial charge in [0.15, 0.2) is 5.58 Å². The Morgan fingerprint density at radius 2 is 0.870 bits per heavy atom. The molecule has 0 bridgehead atoms. The zero-order valence-corrected chi connectivity index (χ0v) is 29.6. The summed E-state index contributed by atoms with van der Waals surface area (Å²) < 4.78 is 7.09. The van der Waals surface area contributed by atoms with Crippen LogP contribution in [0.3, 0.4) is 0 Å². The van der Waals surface area contributed by atoms with E-state index in [1.54, 1.807) is 0 Å². The third kappa shape index (κ3) is 5.71. The van der Waals surface area contributed by atoms with E-state index in [0.717, 1.165) is 61.3 Å². The fourth-order valence-electron chi connectivity index (χ4n) is 7.74. The molecule has 1 heterocycles. The third-order valence-corrected chi connectivity index (χ3v) is 10.4. The lowest BCUT2D eigenvalue weighted by Crippen LogP contribution is -2.10. The van der Waals surface area contributed by atoms with E-state index in [2.05, 4.69) is 217 Å². The zero-order chi connectivity index (χ0) is 35.8. The summed E-state index contributed by atoms with van der Waals surface area (Å²) in [6.45, 7) is 0. The predicted molar refractivity (Wildman–Crippen MR) is 228 cm³/mol. The summed E-state index contributed by atoms with van der Waals surface area (Å²) in [6, 6.07) is 75.7. The average Bonchev–Trinajstić information content (AvgIpc) is 3.64. The molecule has 10 rings (SSSR count). The van der Waals surface area contributed by atoms with Crippen molar-refractivity contribution >= 4 is 49.8 Å². The molecule has 0 saturated carbocycles. The molecule has 2 heteroatoms. The maximum Gasteiger partial charge on any atom is 0.159 e. The molecule has 54 heavy (non-hydrogen) atoms. The molecular weight excluding hydrogens is 655 g/mol. The topological polar surface area (TPSA) is 16.4 Å². The summed E-state index contributed by atoms with van der Waals surface area (Å²) in [5.41, 5.74) is 14.0. The highest BCUT2D eigenvalue weighted by Crippen LogP contribution is 2.46. The molecule has 0 aliphatic rings. The molecule has 10 aromatic rings. The molecule has 0 amide bonds. The van der Waals surface area contributed by atoms with E-state index in [-0.39, 0.29) is 0 Å². The van der Waals surface area contributed by atoms with Gasteiger partial charge in [0, 0.05) is 27.7 Å². The molecule has 9 aromatic carbocycles. The van der Waals surface area contributed by atoms with Crippen LogP contribution in [0.2, 0.25) is 0 Å². The Hall–Kier alpha value is -7.16. The van der Waals surface area contributed by atoms with Gasteiger partial charge in [-0.1, -0.05) is 164 Å². The molecule has 0 spiro atoms. The largest absolute Gasteiger partial charge is 0.453 e. The summed E-state index contributed by atoms with van der Waals surface area (Å²) in [6.07, 6.45) is 0. The van der Waals surface area contributed by atoms with Crippen molar-refractivity contribution in [3.63, 3.8) is 0 Å². The van der Waals surface area contributed by atoms with E-state index in [0.29, 0.717) is 0 Å². The lowest BCUT2D eigenvalue weighted by molar-refractivity contribution is 0.670. The van der Waals surface area contributed by atoms with Crippen LogP contribution in [-0.4, -0.2) is 0 Å². The first-order valence-electron chi connectivity index (χ1n) is 18.4. The van der Waals surface area contributed by atoms with Crippen molar-refractivity contribution in [1.29, 1.82) is 0 Å². The second-order valence-electron chi connectivity index (χ2n) is 13.7. The molecule has 0 aliphatic carbocycles. The van der Waals surface area contributed by atoms with Gasteiger partial charge in [0.05, 0.1) is 5.69 Å². The maximum atomic E-state index is 7.09. The standard InChI is InChI=1S/C52H35NO/c1-4-14-36(15-5-1)42-22-12-23-46(33-42)53(45-30-28-39(29-31-45)43-27-26-38-18-10-11-21-41(38)32-43)50-25-13-24-47-49-35-44(37-16-6-2-7-17-37)34-48(51(49)54-52(47)50)40-19-8-3-9-20-40/h1-35H. The smallest absolute Gasteiger partial charge is 0.159 e. The first kappa shape index (κ1) is 31.6. The number of rotatable bonds is 7. The van der Waals surface area contributed by atoms with Gasteiger partial charge < -0.3 is 9.32 Å². The molecule has 2 nitrogen and oxygen atoms in total. The van der Waals surface area contributed by atoms with Crippen molar-refractivity contribution in [2.45, 2.75) is 0 Å². The Morgan fingerprint density at radius 3 is 1.61 bits per heavy atom. The van der Waals surface area contributed by atoms with Crippen molar-refractivity contribution in [2.24, 2.45) is 0 Å². The molecule has 0 aliphatic heterocycles. The van der Waals surface area contributed by atoms with Crippen LogP contribution in [0.25, 0.3) is 77.2 Å². The minimum absolute atomic E-state index is 0.846. The first-order chi connectivity index (χ1) is 26.8. The summed E-state index contributed by atoms with van der Waals surface area (Å²) in [5, 5.41) is 4.65. The van der Waals surface area contributed by atoms with Crippen LogP contribution in [0.5, 0.6) is 0 Å². The van der Waals surface area contributed by atoms with Gasteiger partial charge in [-0.15, -0.1) is 0 Å². The summed E-state index contributed by atoms with van der Waals surface area (Å²) in [7, 11) is 0. The molecule has 0 saturated heterocycles. The van der Waals surface area contributed by atoms with Gasteiger partial charge in [0.2, 0.25) is 0 Å². The monoisotopic (exact) mass is 689 g/mol. The SMILES string of the molecule is c1ccc(-c2cccc(N(c3ccc(-c4ccc5ccccc5c4)cc3)c3cccc4c3oc3c(-c5ccccc5)cc(-c5ccccc5)cc34)c2)cc1. The number of para-hydroxylation sites is 1. The molecule has 0 unspecified atom stereocenters. The Bertz CT molecular complexity index is 2910. The minimum Gasteiger partial charge on any atom is -0.453 e. The number of furan rings is 1. The van der Waals surface area contributed by atoms with Crippen molar-refractivity contribution in [3.8, 4) is 44.5 Å². The van der Waals surface area contributed by atoms with Gasteiger partial charge in [-0.3, -0.25) is 0 Å². The van der Waals surface area contributed by atoms with Crippen molar-refractivity contribution in [3.05, 3.63) is 212 Å². The van der Waals surface area contributed by atoms with Crippen molar-refractivity contribution in [2.75, 3.05) is 4.90 Å². The van der Waals surface area contributed by atoms with Gasteiger partial charge >= 0.3 is 0 Å². The van der Waals surface area contributed by atoms with Crippen molar-refractivity contribution < 1.29 is 4.42 Å². The third-order valence-electron chi connectivity index (χ3n) is 10.4. The predicted octanol–water partition coefficient (Wildman–Crippen LogP) is 14.9. The lowest BCUT2D eigenvalue weighted by Gasteiger charge is -2.26. The highest BCUT2D eigenvalue weighted by molar-refractivity contribution is 6.15. The lowest BCUT2D eigenvalue weighted by atomic mass is 9.96. The highest BCUT2D eigenvalue weighted by Gasteiger charge is 2.22. The van der Waals surface area contributed by atoms with Crippen LogP contribution in [0, 0.1) is 0 Å². The summed E-state index contributed by atoms with van der Waals surface area (Å²) in [4.78, 5) is 2.33. The van der Waals surface area contributed by atoms with E-state index in [9.17, 15) is 0 Å². The van der Waals surface area contributed by atoms with E-state index in [4.69, 9.17) is 4.42 Å². The van der Waals surface area contributed by atoms with Crippen LogP contribution in [0.4, 0.5) is 17.1 Å². The molecule has 0 N–H and O–H groups in total. The molecule has 0 fully saturated rings. The van der Waals surface area contributed by atoms with Crippen LogP contribution >= 0.6 is 0 Å². The maximum absolute atomic E-state index is 7.09. The number of hydrogen-bond donors (Lipinski definition) is 0. The van der Waals surface area contributed by atoms with Gasteiger partial charge in [0.25, 0.3) is 0 Å². The minimum atomic E-state index is 0.846. The summed E-state index contributed by atoms with van der Waals surface area (Å²) in [5.74, 6) is 0. The fourth-order valence-corrected chi connectivity index (χ4v) is 7.74.